The molecule has 1 amide bonds. The van der Waals surface area contributed by atoms with E-state index >= 15 is 0 Å². The Morgan fingerprint density at radius 2 is 1.71 bits per heavy atom. The Bertz CT molecular complexity index is 1270. The number of hydrogen-bond donors (Lipinski definition) is 1. The Morgan fingerprint density at radius 3 is 2.44 bits per heavy atom. The van der Waals surface area contributed by atoms with E-state index in [0.717, 1.165) is 22.6 Å². The minimum atomic E-state index is -0.185. The van der Waals surface area contributed by atoms with Crippen LogP contribution in [-0.2, 0) is 18.4 Å². The SMILES string of the molecule is CC(C)(C)c1ccc(OCCn2c(CCNC(=O)c3ccccc3Cl)nc3ccccc32)cc1. The number of carbonyl (C=O) groups is 1. The molecule has 34 heavy (non-hydrogen) atoms. The van der Waals surface area contributed by atoms with Gasteiger partial charge >= 0.3 is 0 Å². The lowest BCUT2D eigenvalue weighted by atomic mass is 9.87. The van der Waals surface area contributed by atoms with Gasteiger partial charge in [-0.3, -0.25) is 4.79 Å². The molecule has 6 heteroatoms. The summed E-state index contributed by atoms with van der Waals surface area (Å²) in [6.07, 6.45) is 0.602. The molecule has 0 aliphatic carbocycles. The van der Waals surface area contributed by atoms with Gasteiger partial charge in [0.15, 0.2) is 0 Å². The topological polar surface area (TPSA) is 56.1 Å². The van der Waals surface area contributed by atoms with Gasteiger partial charge in [-0.25, -0.2) is 4.98 Å². The van der Waals surface area contributed by atoms with E-state index in [9.17, 15) is 4.79 Å². The third kappa shape index (κ3) is 5.60. The van der Waals surface area contributed by atoms with Gasteiger partial charge in [0.1, 0.15) is 18.2 Å². The number of nitrogens with zero attached hydrogens (tertiary/aromatic N) is 2. The molecular formula is C28H30ClN3O2. The fraction of sp³-hybridized carbons (Fsp3) is 0.286. The van der Waals surface area contributed by atoms with Crippen LogP contribution in [0.5, 0.6) is 5.75 Å². The molecule has 1 heterocycles. The summed E-state index contributed by atoms with van der Waals surface area (Å²) in [7, 11) is 0. The van der Waals surface area contributed by atoms with Crippen molar-refractivity contribution < 1.29 is 9.53 Å². The summed E-state index contributed by atoms with van der Waals surface area (Å²) in [4.78, 5) is 17.3. The Morgan fingerprint density at radius 1 is 1.00 bits per heavy atom. The summed E-state index contributed by atoms with van der Waals surface area (Å²) in [5.74, 6) is 1.58. The number of fused-ring (bicyclic) bond motifs is 1. The Labute approximate surface area is 205 Å². The first-order valence-corrected chi connectivity index (χ1v) is 11.9. The predicted molar refractivity (Wildman–Crippen MR) is 138 cm³/mol. The fourth-order valence-electron chi connectivity index (χ4n) is 3.90. The molecule has 0 spiro atoms. The Balaban J connectivity index is 1.41. The summed E-state index contributed by atoms with van der Waals surface area (Å²) in [5, 5.41) is 3.40. The second-order valence-electron chi connectivity index (χ2n) is 9.28. The standard InChI is InChI=1S/C28H30ClN3O2/c1-28(2,3)20-12-14-21(15-13-20)34-19-18-32-25-11-7-6-10-24(25)31-26(32)16-17-30-27(33)22-8-4-5-9-23(22)29/h4-15H,16-19H2,1-3H3,(H,30,33). The summed E-state index contributed by atoms with van der Waals surface area (Å²) >= 11 is 6.14. The summed E-state index contributed by atoms with van der Waals surface area (Å²) in [5.41, 5.74) is 3.86. The first-order valence-electron chi connectivity index (χ1n) is 11.5. The van der Waals surface area contributed by atoms with Crippen molar-refractivity contribution in [3.05, 3.63) is 94.8 Å². The maximum absolute atomic E-state index is 12.5. The second-order valence-corrected chi connectivity index (χ2v) is 9.68. The van der Waals surface area contributed by atoms with Crippen LogP contribution in [0.2, 0.25) is 5.02 Å². The number of carbonyl (C=O) groups excluding carboxylic acids is 1. The number of aromatic nitrogens is 2. The summed E-state index contributed by atoms with van der Waals surface area (Å²) in [6, 6.07) is 23.4. The Kier molecular flexibility index (Phi) is 7.23. The van der Waals surface area contributed by atoms with Gasteiger partial charge in [-0.15, -0.1) is 0 Å². The fourth-order valence-corrected chi connectivity index (χ4v) is 4.12. The normalized spacial score (nSPS) is 11.5. The van der Waals surface area contributed by atoms with E-state index in [1.807, 2.05) is 36.4 Å². The number of imidazole rings is 1. The summed E-state index contributed by atoms with van der Waals surface area (Å²) < 4.78 is 8.20. The zero-order valence-electron chi connectivity index (χ0n) is 19.8. The number of rotatable bonds is 8. The average molecular weight is 476 g/mol. The van der Waals surface area contributed by atoms with Gasteiger partial charge in [0.25, 0.3) is 5.91 Å². The smallest absolute Gasteiger partial charge is 0.252 e. The zero-order chi connectivity index (χ0) is 24.1. The molecule has 3 aromatic carbocycles. The maximum Gasteiger partial charge on any atom is 0.252 e. The van der Waals surface area contributed by atoms with Gasteiger partial charge in [-0.1, -0.05) is 68.8 Å². The molecule has 0 aliphatic heterocycles. The van der Waals surface area contributed by atoms with Crippen molar-refractivity contribution >= 4 is 28.5 Å². The average Bonchev–Trinajstić information content (AvgIpc) is 3.16. The largest absolute Gasteiger partial charge is 0.492 e. The molecule has 0 atom stereocenters. The molecule has 0 aliphatic rings. The number of ether oxygens (including phenoxy) is 1. The minimum Gasteiger partial charge on any atom is -0.492 e. The van der Waals surface area contributed by atoms with Gasteiger partial charge in [0.05, 0.1) is 28.2 Å². The Hall–Kier alpha value is -3.31. The first kappa shape index (κ1) is 23.8. The minimum absolute atomic E-state index is 0.115. The van der Waals surface area contributed by atoms with E-state index in [-0.39, 0.29) is 11.3 Å². The maximum atomic E-state index is 12.5. The molecule has 0 fully saturated rings. The number of halogens is 1. The lowest BCUT2D eigenvalue weighted by Gasteiger charge is -2.19. The number of para-hydroxylation sites is 2. The molecule has 1 N–H and O–H groups in total. The number of nitrogens with one attached hydrogen (secondary N) is 1. The highest BCUT2D eigenvalue weighted by Gasteiger charge is 2.14. The van der Waals surface area contributed by atoms with Gasteiger partial charge < -0.3 is 14.6 Å². The molecule has 176 valence electrons. The van der Waals surface area contributed by atoms with Crippen LogP contribution in [-0.4, -0.2) is 28.6 Å². The summed E-state index contributed by atoms with van der Waals surface area (Å²) in [6.45, 7) is 8.24. The van der Waals surface area contributed by atoms with Crippen molar-refractivity contribution in [1.29, 1.82) is 0 Å². The molecule has 0 bridgehead atoms. The van der Waals surface area contributed by atoms with Crippen LogP contribution in [0.4, 0.5) is 0 Å². The van der Waals surface area contributed by atoms with Crippen LogP contribution < -0.4 is 10.1 Å². The molecule has 1 aromatic heterocycles. The van der Waals surface area contributed by atoms with Gasteiger partial charge in [-0.05, 0) is 47.4 Å². The van der Waals surface area contributed by atoms with Crippen molar-refractivity contribution in [2.75, 3.05) is 13.2 Å². The van der Waals surface area contributed by atoms with Crippen molar-refractivity contribution in [2.45, 2.75) is 39.2 Å². The van der Waals surface area contributed by atoms with Crippen molar-refractivity contribution in [3.63, 3.8) is 0 Å². The quantitative estimate of drug-likeness (QED) is 0.338. The molecule has 4 aromatic rings. The monoisotopic (exact) mass is 475 g/mol. The first-order chi connectivity index (χ1) is 16.3. The van der Waals surface area contributed by atoms with Gasteiger partial charge in [0, 0.05) is 13.0 Å². The molecule has 0 unspecified atom stereocenters. The van der Waals surface area contributed by atoms with Crippen molar-refractivity contribution in [1.82, 2.24) is 14.9 Å². The van der Waals surface area contributed by atoms with Crippen molar-refractivity contribution in [2.24, 2.45) is 0 Å². The molecule has 5 nitrogen and oxygen atoms in total. The third-order valence-corrected chi connectivity index (χ3v) is 6.12. The third-order valence-electron chi connectivity index (χ3n) is 5.79. The number of amides is 1. The van der Waals surface area contributed by atoms with Crippen LogP contribution in [0.25, 0.3) is 11.0 Å². The van der Waals surface area contributed by atoms with Gasteiger partial charge in [0.2, 0.25) is 0 Å². The van der Waals surface area contributed by atoms with E-state index in [1.165, 1.54) is 5.56 Å². The van der Waals surface area contributed by atoms with Crippen LogP contribution in [0.15, 0.2) is 72.8 Å². The van der Waals surface area contributed by atoms with Crippen molar-refractivity contribution in [3.8, 4) is 5.75 Å². The number of benzene rings is 3. The van der Waals surface area contributed by atoms with Gasteiger partial charge in [-0.2, -0.15) is 0 Å². The lowest BCUT2D eigenvalue weighted by Crippen LogP contribution is -2.27. The van der Waals surface area contributed by atoms with Crippen LogP contribution >= 0.6 is 11.6 Å². The second kappa shape index (κ2) is 10.3. The number of hydrogen-bond acceptors (Lipinski definition) is 3. The molecular weight excluding hydrogens is 446 g/mol. The van der Waals surface area contributed by atoms with Crippen LogP contribution in [0.1, 0.15) is 42.5 Å². The van der Waals surface area contributed by atoms with Crippen LogP contribution in [0, 0.1) is 0 Å². The van der Waals surface area contributed by atoms with E-state index < -0.39 is 0 Å². The predicted octanol–water partition coefficient (Wildman–Crippen LogP) is 6.04. The van der Waals surface area contributed by atoms with E-state index in [0.29, 0.717) is 36.7 Å². The van der Waals surface area contributed by atoms with E-state index in [1.54, 1.807) is 18.2 Å². The molecule has 4 rings (SSSR count). The molecule has 0 radical (unpaired) electrons. The highest BCUT2D eigenvalue weighted by molar-refractivity contribution is 6.33. The molecule has 0 saturated carbocycles. The molecule has 0 saturated heterocycles. The van der Waals surface area contributed by atoms with Crippen LogP contribution in [0.3, 0.4) is 0 Å². The zero-order valence-corrected chi connectivity index (χ0v) is 20.6. The van der Waals surface area contributed by atoms with E-state index in [2.05, 4.69) is 48.9 Å². The lowest BCUT2D eigenvalue weighted by molar-refractivity contribution is 0.0954. The highest BCUT2D eigenvalue weighted by Crippen LogP contribution is 2.24. The van der Waals surface area contributed by atoms with E-state index in [4.69, 9.17) is 21.3 Å². The highest BCUT2D eigenvalue weighted by atomic mass is 35.5.